The highest BCUT2D eigenvalue weighted by molar-refractivity contribution is 7.80. The molecule has 0 spiro atoms. The van der Waals surface area contributed by atoms with Crippen LogP contribution in [0.15, 0.2) is 48.3 Å². The Morgan fingerprint density at radius 3 is 2.76 bits per heavy atom. The quantitative estimate of drug-likeness (QED) is 0.738. The van der Waals surface area contributed by atoms with E-state index in [1.165, 1.54) is 5.56 Å². The number of benzene rings is 1. The van der Waals surface area contributed by atoms with Gasteiger partial charge in [-0.3, -0.25) is 0 Å². The van der Waals surface area contributed by atoms with Crippen molar-refractivity contribution < 1.29 is 4.74 Å². The molecule has 0 bridgehead atoms. The van der Waals surface area contributed by atoms with E-state index >= 15 is 0 Å². The van der Waals surface area contributed by atoms with Crippen LogP contribution in [-0.4, -0.2) is 4.86 Å². The Morgan fingerprint density at radius 1 is 1.24 bits per heavy atom. The van der Waals surface area contributed by atoms with Crippen LogP contribution in [0.2, 0.25) is 0 Å². The van der Waals surface area contributed by atoms with E-state index in [0.717, 1.165) is 35.6 Å². The van der Waals surface area contributed by atoms with Crippen molar-refractivity contribution in [1.82, 2.24) is 0 Å². The van der Waals surface area contributed by atoms with Crippen LogP contribution in [0.4, 0.5) is 0 Å². The van der Waals surface area contributed by atoms with Crippen LogP contribution in [-0.2, 0) is 6.42 Å². The summed E-state index contributed by atoms with van der Waals surface area (Å²) < 4.78 is 5.87. The first kappa shape index (κ1) is 12.1. The summed E-state index contributed by atoms with van der Waals surface area (Å²) in [5, 5.41) is 0. The Kier molecular flexibility index (Phi) is 4.10. The van der Waals surface area contributed by atoms with Crippen molar-refractivity contribution in [2.24, 2.45) is 0 Å². The van der Waals surface area contributed by atoms with E-state index in [1.54, 1.807) is 0 Å². The van der Waals surface area contributed by atoms with Gasteiger partial charge in [0.05, 0.1) is 0 Å². The zero-order chi connectivity index (χ0) is 12.1. The van der Waals surface area contributed by atoms with Crippen LogP contribution in [0.5, 0.6) is 5.75 Å². The zero-order valence-electron chi connectivity index (χ0n) is 9.69. The maximum Gasteiger partial charge on any atom is 0.130 e. The van der Waals surface area contributed by atoms with Crippen LogP contribution in [0.1, 0.15) is 18.4 Å². The molecule has 0 aromatic heterocycles. The minimum Gasteiger partial charge on any atom is -0.457 e. The van der Waals surface area contributed by atoms with Gasteiger partial charge in [-0.05, 0) is 42.7 Å². The van der Waals surface area contributed by atoms with Crippen LogP contribution in [0.25, 0.3) is 0 Å². The fraction of sp³-hybridized carbons (Fsp3) is 0.200. The Bertz CT molecular complexity index is 472. The summed E-state index contributed by atoms with van der Waals surface area (Å²) in [6, 6.07) is 8.09. The molecular formula is C15H15OS. The van der Waals surface area contributed by atoms with Gasteiger partial charge in [0.1, 0.15) is 11.5 Å². The van der Waals surface area contributed by atoms with E-state index in [1.807, 2.05) is 36.4 Å². The molecule has 0 atom stereocenters. The standard InChI is InChI=1S/C15H15OS/c1-2-5-12-6-3-4-7-15(12)16-13-8-10-14(17)11-9-13/h3-4,6-10H,1-2,5,11H2. The summed E-state index contributed by atoms with van der Waals surface area (Å²) in [4.78, 5) is 0.948. The molecule has 0 heterocycles. The predicted octanol–water partition coefficient (Wildman–Crippen LogP) is 4.05. The summed E-state index contributed by atoms with van der Waals surface area (Å²) in [7, 11) is 0. The van der Waals surface area contributed by atoms with Crippen LogP contribution >= 0.6 is 12.2 Å². The highest BCUT2D eigenvalue weighted by atomic mass is 32.1. The highest BCUT2D eigenvalue weighted by Crippen LogP contribution is 2.23. The predicted molar refractivity (Wildman–Crippen MR) is 75.2 cm³/mol. The Hall–Kier alpha value is -1.41. The van der Waals surface area contributed by atoms with Crippen LogP contribution in [0, 0.1) is 6.92 Å². The van der Waals surface area contributed by atoms with Crippen molar-refractivity contribution in [3.8, 4) is 5.75 Å². The summed E-state index contributed by atoms with van der Waals surface area (Å²) in [6.45, 7) is 3.88. The Balaban J connectivity index is 2.13. The number of allylic oxidation sites excluding steroid dienone is 3. The van der Waals surface area contributed by atoms with Crippen molar-refractivity contribution >= 4 is 17.1 Å². The van der Waals surface area contributed by atoms with Gasteiger partial charge in [0.15, 0.2) is 0 Å². The van der Waals surface area contributed by atoms with E-state index in [4.69, 9.17) is 17.0 Å². The van der Waals surface area contributed by atoms with E-state index in [0.29, 0.717) is 0 Å². The number of hydrogen-bond acceptors (Lipinski definition) is 2. The van der Waals surface area contributed by atoms with E-state index in [-0.39, 0.29) is 0 Å². The number of ether oxygens (including phenoxy) is 1. The number of thiocarbonyl (C=S) groups is 1. The molecular weight excluding hydrogens is 228 g/mol. The lowest BCUT2D eigenvalue weighted by Crippen LogP contribution is -2.01. The monoisotopic (exact) mass is 243 g/mol. The smallest absolute Gasteiger partial charge is 0.130 e. The third kappa shape index (κ3) is 3.27. The van der Waals surface area contributed by atoms with Crippen LogP contribution in [0.3, 0.4) is 0 Å². The lowest BCUT2D eigenvalue weighted by Gasteiger charge is -2.13. The molecule has 1 aromatic carbocycles. The molecule has 1 aliphatic rings. The van der Waals surface area contributed by atoms with Gasteiger partial charge in [0.2, 0.25) is 0 Å². The van der Waals surface area contributed by atoms with Gasteiger partial charge in [-0.15, -0.1) is 0 Å². The van der Waals surface area contributed by atoms with Gasteiger partial charge < -0.3 is 4.74 Å². The van der Waals surface area contributed by atoms with Gasteiger partial charge in [-0.1, -0.05) is 37.3 Å². The molecule has 87 valence electrons. The Labute approximate surface area is 108 Å². The second kappa shape index (κ2) is 5.78. The molecule has 1 aliphatic carbocycles. The third-order valence-electron chi connectivity index (χ3n) is 2.58. The molecule has 0 aliphatic heterocycles. The topological polar surface area (TPSA) is 9.23 Å². The first-order chi connectivity index (χ1) is 8.29. The molecule has 0 saturated carbocycles. The Morgan fingerprint density at radius 2 is 2.06 bits per heavy atom. The van der Waals surface area contributed by atoms with Gasteiger partial charge in [0, 0.05) is 11.3 Å². The summed E-state index contributed by atoms with van der Waals surface area (Å²) in [5.74, 6) is 1.79. The first-order valence-electron chi connectivity index (χ1n) is 5.75. The van der Waals surface area contributed by atoms with Gasteiger partial charge in [0.25, 0.3) is 0 Å². The van der Waals surface area contributed by atoms with E-state index in [9.17, 15) is 0 Å². The molecule has 1 aromatic rings. The SMILES string of the molecule is [CH2]CCc1ccccc1OC1=CCC(=S)C=C1. The van der Waals surface area contributed by atoms with Crippen molar-refractivity contribution in [3.05, 3.63) is 60.7 Å². The number of aryl methyl sites for hydroxylation is 1. The minimum absolute atomic E-state index is 0.790. The van der Waals surface area contributed by atoms with Gasteiger partial charge in [-0.25, -0.2) is 0 Å². The molecule has 0 unspecified atom stereocenters. The first-order valence-corrected chi connectivity index (χ1v) is 6.16. The van der Waals surface area contributed by atoms with E-state index < -0.39 is 0 Å². The van der Waals surface area contributed by atoms with Crippen molar-refractivity contribution in [3.63, 3.8) is 0 Å². The van der Waals surface area contributed by atoms with Crippen molar-refractivity contribution in [1.29, 1.82) is 0 Å². The normalized spacial score (nSPS) is 14.6. The van der Waals surface area contributed by atoms with Gasteiger partial charge in [-0.2, -0.15) is 0 Å². The molecule has 17 heavy (non-hydrogen) atoms. The molecule has 0 fully saturated rings. The van der Waals surface area contributed by atoms with E-state index in [2.05, 4.69) is 13.0 Å². The van der Waals surface area contributed by atoms with Gasteiger partial charge >= 0.3 is 0 Å². The molecule has 1 nitrogen and oxygen atoms in total. The van der Waals surface area contributed by atoms with Crippen molar-refractivity contribution in [2.45, 2.75) is 19.3 Å². The third-order valence-corrected chi connectivity index (χ3v) is 2.89. The number of para-hydroxylation sites is 1. The molecule has 2 rings (SSSR count). The largest absolute Gasteiger partial charge is 0.457 e. The summed E-state index contributed by atoms with van der Waals surface area (Å²) >= 11 is 5.10. The minimum atomic E-state index is 0.790. The molecule has 0 N–H and O–H groups in total. The lowest BCUT2D eigenvalue weighted by molar-refractivity contribution is 0.436. The fourth-order valence-corrected chi connectivity index (χ4v) is 1.87. The average molecular weight is 243 g/mol. The summed E-state index contributed by atoms with van der Waals surface area (Å²) in [5.41, 5.74) is 1.20. The summed E-state index contributed by atoms with van der Waals surface area (Å²) in [6.07, 6.45) is 8.47. The second-order valence-corrected chi connectivity index (χ2v) is 4.45. The molecule has 0 saturated heterocycles. The second-order valence-electron chi connectivity index (χ2n) is 3.92. The zero-order valence-corrected chi connectivity index (χ0v) is 10.5. The number of hydrogen-bond donors (Lipinski definition) is 0. The number of rotatable bonds is 4. The molecule has 2 heteroatoms. The fourth-order valence-electron chi connectivity index (χ4n) is 1.72. The molecule has 1 radical (unpaired) electrons. The average Bonchev–Trinajstić information content (AvgIpc) is 2.35. The molecule has 0 amide bonds. The highest BCUT2D eigenvalue weighted by Gasteiger charge is 2.06. The maximum atomic E-state index is 5.87. The lowest BCUT2D eigenvalue weighted by atomic mass is 10.1. The van der Waals surface area contributed by atoms with Crippen molar-refractivity contribution in [2.75, 3.05) is 0 Å². The maximum absolute atomic E-state index is 5.87. The van der Waals surface area contributed by atoms with Crippen LogP contribution < -0.4 is 4.74 Å².